The Kier molecular flexibility index (Phi) is 6.41. The predicted molar refractivity (Wildman–Crippen MR) is 110 cm³/mol. The molecular formula is C21H21ClN2O5. The van der Waals surface area contributed by atoms with Crippen LogP contribution in [-0.4, -0.2) is 51.2 Å². The number of ether oxygens (including phenoxy) is 3. The average Bonchev–Trinajstić information content (AvgIpc) is 2.96. The molecular weight excluding hydrogens is 396 g/mol. The summed E-state index contributed by atoms with van der Waals surface area (Å²) >= 11 is 6.11. The van der Waals surface area contributed by atoms with E-state index >= 15 is 0 Å². The lowest BCUT2D eigenvalue weighted by molar-refractivity contribution is -0.137. The molecule has 7 nitrogen and oxygen atoms in total. The Labute approximate surface area is 173 Å². The Bertz CT molecular complexity index is 973. The standard InChI is InChI=1S/C21H21ClN2O5/c1-27-11-10-24-20(25)18(14-6-4-5-7-16(14)28-2)19(21(24)26)23-15-12-13(22)8-9-17(15)29-3/h4-9,12,23H,10-11H2,1-3H3. The molecule has 0 bridgehead atoms. The minimum absolute atomic E-state index is 0.121. The molecule has 0 radical (unpaired) electrons. The largest absolute Gasteiger partial charge is 0.496 e. The predicted octanol–water partition coefficient (Wildman–Crippen LogP) is 3.20. The number of nitrogens with one attached hydrogen (secondary N) is 1. The molecule has 0 saturated carbocycles. The zero-order chi connectivity index (χ0) is 21.0. The van der Waals surface area contributed by atoms with E-state index in [4.69, 9.17) is 25.8 Å². The van der Waals surface area contributed by atoms with Crippen molar-refractivity contribution < 1.29 is 23.8 Å². The molecule has 0 aromatic heterocycles. The highest BCUT2D eigenvalue weighted by Crippen LogP contribution is 2.37. The van der Waals surface area contributed by atoms with E-state index in [0.717, 1.165) is 4.90 Å². The molecule has 0 atom stereocenters. The molecule has 0 fully saturated rings. The van der Waals surface area contributed by atoms with Crippen LogP contribution in [0.1, 0.15) is 5.56 Å². The summed E-state index contributed by atoms with van der Waals surface area (Å²) in [7, 11) is 4.53. The monoisotopic (exact) mass is 416 g/mol. The normalized spacial score (nSPS) is 13.9. The van der Waals surface area contributed by atoms with E-state index in [1.807, 2.05) is 0 Å². The third kappa shape index (κ3) is 4.06. The van der Waals surface area contributed by atoms with Crippen molar-refractivity contribution in [1.29, 1.82) is 0 Å². The fourth-order valence-electron chi connectivity index (χ4n) is 3.09. The van der Waals surface area contributed by atoms with E-state index in [-0.39, 0.29) is 24.4 Å². The highest BCUT2D eigenvalue weighted by atomic mass is 35.5. The first-order valence-electron chi connectivity index (χ1n) is 8.85. The van der Waals surface area contributed by atoms with Crippen LogP contribution < -0.4 is 14.8 Å². The lowest BCUT2D eigenvalue weighted by Crippen LogP contribution is -2.35. The van der Waals surface area contributed by atoms with Gasteiger partial charge in [-0.1, -0.05) is 29.8 Å². The van der Waals surface area contributed by atoms with Crippen LogP contribution >= 0.6 is 11.6 Å². The number of imide groups is 1. The summed E-state index contributed by atoms with van der Waals surface area (Å²) in [5.41, 5.74) is 1.32. The number of hydrogen-bond donors (Lipinski definition) is 1. The summed E-state index contributed by atoms with van der Waals surface area (Å²) in [4.78, 5) is 27.4. The highest BCUT2D eigenvalue weighted by molar-refractivity contribution is 6.37. The lowest BCUT2D eigenvalue weighted by atomic mass is 10.0. The molecule has 1 aliphatic rings. The van der Waals surface area contributed by atoms with Crippen molar-refractivity contribution in [2.24, 2.45) is 0 Å². The quantitative estimate of drug-likeness (QED) is 0.666. The molecule has 0 unspecified atom stereocenters. The minimum atomic E-state index is -0.463. The second-order valence-electron chi connectivity index (χ2n) is 6.17. The van der Waals surface area contributed by atoms with Gasteiger partial charge in [0, 0.05) is 17.7 Å². The van der Waals surface area contributed by atoms with Crippen LogP contribution in [0.4, 0.5) is 5.69 Å². The number of rotatable bonds is 8. The summed E-state index contributed by atoms with van der Waals surface area (Å²) in [6.07, 6.45) is 0. The van der Waals surface area contributed by atoms with Gasteiger partial charge in [-0.2, -0.15) is 0 Å². The Hall–Kier alpha value is -3.03. The third-order valence-corrected chi connectivity index (χ3v) is 4.72. The maximum absolute atomic E-state index is 13.2. The van der Waals surface area contributed by atoms with Gasteiger partial charge in [-0.05, 0) is 24.3 Å². The molecule has 1 aliphatic heterocycles. The van der Waals surface area contributed by atoms with Crippen molar-refractivity contribution in [2.45, 2.75) is 0 Å². The summed E-state index contributed by atoms with van der Waals surface area (Å²) in [5.74, 6) is 0.0708. The van der Waals surface area contributed by atoms with Crippen LogP contribution in [-0.2, 0) is 14.3 Å². The fraction of sp³-hybridized carbons (Fsp3) is 0.238. The summed E-state index contributed by atoms with van der Waals surface area (Å²) in [5, 5.41) is 3.51. The molecule has 3 rings (SSSR count). The second kappa shape index (κ2) is 8.98. The molecule has 2 aromatic rings. The number of methoxy groups -OCH3 is 3. The number of amides is 2. The molecule has 29 heavy (non-hydrogen) atoms. The number of benzene rings is 2. The molecule has 0 spiro atoms. The number of nitrogens with zero attached hydrogens (tertiary/aromatic N) is 1. The third-order valence-electron chi connectivity index (χ3n) is 4.48. The van der Waals surface area contributed by atoms with Crippen LogP contribution in [0.25, 0.3) is 5.57 Å². The maximum Gasteiger partial charge on any atom is 0.278 e. The molecule has 8 heteroatoms. The SMILES string of the molecule is COCCN1C(=O)C(Nc2cc(Cl)ccc2OC)=C(c2ccccc2OC)C1=O. The number of halogens is 1. The smallest absolute Gasteiger partial charge is 0.278 e. The number of anilines is 1. The number of carbonyl (C=O) groups excluding carboxylic acids is 2. The van der Waals surface area contributed by atoms with Gasteiger partial charge in [-0.15, -0.1) is 0 Å². The molecule has 0 saturated heterocycles. The van der Waals surface area contributed by atoms with E-state index < -0.39 is 11.8 Å². The average molecular weight is 417 g/mol. The molecule has 2 aromatic carbocycles. The van der Waals surface area contributed by atoms with E-state index in [2.05, 4.69) is 5.32 Å². The van der Waals surface area contributed by atoms with Crippen LogP contribution in [0.3, 0.4) is 0 Å². The lowest BCUT2D eigenvalue weighted by Gasteiger charge is -2.15. The van der Waals surface area contributed by atoms with Crippen molar-refractivity contribution in [1.82, 2.24) is 4.90 Å². The van der Waals surface area contributed by atoms with Crippen molar-refractivity contribution >= 4 is 34.7 Å². The second-order valence-corrected chi connectivity index (χ2v) is 6.61. The highest BCUT2D eigenvalue weighted by Gasteiger charge is 2.40. The molecule has 2 amide bonds. The van der Waals surface area contributed by atoms with Gasteiger partial charge in [0.25, 0.3) is 11.8 Å². The van der Waals surface area contributed by atoms with Gasteiger partial charge in [-0.25, -0.2) is 0 Å². The maximum atomic E-state index is 13.2. The minimum Gasteiger partial charge on any atom is -0.496 e. The van der Waals surface area contributed by atoms with Crippen LogP contribution in [0, 0.1) is 0 Å². The Morgan fingerprint density at radius 2 is 1.69 bits per heavy atom. The number of para-hydroxylation sites is 1. The van der Waals surface area contributed by atoms with Gasteiger partial charge in [0.2, 0.25) is 0 Å². The van der Waals surface area contributed by atoms with Gasteiger partial charge in [0.05, 0.1) is 38.6 Å². The van der Waals surface area contributed by atoms with Gasteiger partial charge in [-0.3, -0.25) is 14.5 Å². The Balaban J connectivity index is 2.14. The summed E-state index contributed by atoms with van der Waals surface area (Å²) in [6.45, 7) is 0.356. The zero-order valence-electron chi connectivity index (χ0n) is 16.3. The zero-order valence-corrected chi connectivity index (χ0v) is 17.1. The van der Waals surface area contributed by atoms with Crippen molar-refractivity contribution in [3.8, 4) is 11.5 Å². The molecule has 152 valence electrons. The molecule has 1 heterocycles. The Morgan fingerprint density at radius 3 is 2.38 bits per heavy atom. The first kappa shape index (κ1) is 20.7. The number of hydrogen-bond acceptors (Lipinski definition) is 6. The van der Waals surface area contributed by atoms with Crippen LogP contribution in [0.15, 0.2) is 48.2 Å². The van der Waals surface area contributed by atoms with Gasteiger partial charge >= 0.3 is 0 Å². The van der Waals surface area contributed by atoms with E-state index in [1.54, 1.807) is 42.5 Å². The van der Waals surface area contributed by atoms with E-state index in [0.29, 0.717) is 27.8 Å². The Morgan fingerprint density at radius 1 is 0.966 bits per heavy atom. The van der Waals surface area contributed by atoms with E-state index in [9.17, 15) is 9.59 Å². The van der Waals surface area contributed by atoms with Crippen molar-refractivity contribution in [2.75, 3.05) is 39.8 Å². The molecule has 0 aliphatic carbocycles. The van der Waals surface area contributed by atoms with Crippen LogP contribution in [0.2, 0.25) is 5.02 Å². The van der Waals surface area contributed by atoms with Gasteiger partial charge in [0.1, 0.15) is 17.2 Å². The van der Waals surface area contributed by atoms with Gasteiger partial charge < -0.3 is 19.5 Å². The van der Waals surface area contributed by atoms with Gasteiger partial charge in [0.15, 0.2) is 0 Å². The topological polar surface area (TPSA) is 77.1 Å². The summed E-state index contributed by atoms with van der Waals surface area (Å²) in [6, 6.07) is 12.0. The van der Waals surface area contributed by atoms with E-state index in [1.165, 1.54) is 21.3 Å². The molecule has 1 N–H and O–H groups in total. The first-order chi connectivity index (χ1) is 14.0. The first-order valence-corrected chi connectivity index (χ1v) is 9.23. The van der Waals surface area contributed by atoms with Crippen molar-refractivity contribution in [3.63, 3.8) is 0 Å². The fourth-order valence-corrected chi connectivity index (χ4v) is 3.26. The number of carbonyl (C=O) groups is 2. The van der Waals surface area contributed by atoms with Crippen molar-refractivity contribution in [3.05, 3.63) is 58.7 Å². The van der Waals surface area contributed by atoms with Crippen LogP contribution in [0.5, 0.6) is 11.5 Å². The summed E-state index contributed by atoms with van der Waals surface area (Å²) < 4.78 is 15.8.